The molecule has 0 aliphatic rings. The number of hydrogen-bond donors (Lipinski definition) is 4. The smallest absolute Gasteiger partial charge is 0.401 e. The van der Waals surface area contributed by atoms with Crippen LogP contribution in [-0.4, -0.2) is 31.8 Å². The zero-order valence-electron chi connectivity index (χ0n) is 8.05. The molecule has 0 saturated carbocycles. The summed E-state index contributed by atoms with van der Waals surface area (Å²) in [5.74, 6) is 0. The first-order valence-electron chi connectivity index (χ1n) is 3.75. The lowest BCUT2D eigenvalue weighted by atomic mass is 10.4. The highest BCUT2D eigenvalue weighted by molar-refractivity contribution is 7.51. The first-order chi connectivity index (χ1) is 6.21. The molecule has 0 heterocycles. The largest absolute Gasteiger partial charge is 0.469 e. The van der Waals surface area contributed by atoms with E-state index in [1.807, 2.05) is 0 Å². The highest BCUT2D eigenvalue weighted by atomic mass is 35.5. The maximum absolute atomic E-state index is 9.44. The molecule has 0 saturated heterocycles. The molecule has 0 fully saturated rings. The van der Waals surface area contributed by atoms with Crippen molar-refractivity contribution in [1.29, 1.82) is 0 Å². The van der Waals surface area contributed by atoms with Crippen LogP contribution in [0.4, 0.5) is 4.79 Å². The molecule has 0 radical (unpaired) electrons. The molecule has 0 aliphatic heterocycles. The summed E-state index contributed by atoms with van der Waals surface area (Å²) < 4.78 is 9.44. The topological polar surface area (TPSA) is 115 Å². The summed E-state index contributed by atoms with van der Waals surface area (Å²) in [7, 11) is -4.09. The van der Waals surface area contributed by atoms with Gasteiger partial charge in [0, 0.05) is 11.6 Å². The highest BCUT2D eigenvalue weighted by Crippen LogP contribution is 2.31. The van der Waals surface area contributed by atoms with Crippen LogP contribution in [0.5, 0.6) is 0 Å². The number of unbranched alkanes of at least 4 members (excludes halogenated alkanes) is 1. The number of aliphatic hydroxyl groups is 1. The Morgan fingerprint density at radius 3 is 1.43 bits per heavy atom. The van der Waals surface area contributed by atoms with Crippen molar-refractivity contribution in [3.05, 3.63) is 0 Å². The second kappa shape index (κ2) is 12.9. The van der Waals surface area contributed by atoms with Gasteiger partial charge in [0.05, 0.1) is 0 Å². The van der Waals surface area contributed by atoms with Gasteiger partial charge in [0.1, 0.15) is 6.35 Å². The third kappa shape index (κ3) is 93.6. The van der Waals surface area contributed by atoms with Crippen molar-refractivity contribution in [3.8, 4) is 0 Å². The van der Waals surface area contributed by atoms with E-state index in [1.165, 1.54) is 12.8 Å². The van der Waals surface area contributed by atoms with Crippen LogP contribution in [0.25, 0.3) is 0 Å². The Bertz CT molecular complexity index is 162. The summed E-state index contributed by atoms with van der Waals surface area (Å²) in [5, 5.41) is 14.8. The van der Waals surface area contributed by atoms with E-state index in [0.29, 0.717) is 0 Å². The van der Waals surface area contributed by atoms with Gasteiger partial charge >= 0.3 is 13.0 Å². The molecular formula is C6H16ClO6P. The molecule has 0 spiro atoms. The quantitative estimate of drug-likeness (QED) is 0.439. The Morgan fingerprint density at radius 2 is 1.43 bits per heavy atom. The third-order valence-corrected chi connectivity index (χ3v) is 1.05. The number of carboxylic acid groups (broad SMARTS) is 1. The lowest BCUT2D eigenvalue weighted by Crippen LogP contribution is -1.81. The molecule has 0 rings (SSSR count). The summed E-state index contributed by atoms with van der Waals surface area (Å²) in [6.45, 7) is 4.36. The van der Waals surface area contributed by atoms with E-state index in [4.69, 9.17) is 24.8 Å². The van der Waals surface area contributed by atoms with Gasteiger partial charge in [-0.25, -0.2) is 4.79 Å². The van der Waals surface area contributed by atoms with Crippen molar-refractivity contribution in [2.75, 3.05) is 6.35 Å². The van der Waals surface area contributed by atoms with Gasteiger partial charge in [0.25, 0.3) is 0 Å². The van der Waals surface area contributed by atoms with E-state index in [0.717, 1.165) is 0 Å². The minimum absolute atomic E-state index is 1.06. The number of aliphatic hydroxyl groups excluding tert-OH is 1. The fourth-order valence-electron chi connectivity index (χ4n) is 0. The molecule has 14 heavy (non-hydrogen) atoms. The van der Waals surface area contributed by atoms with Gasteiger partial charge in [-0.3, -0.25) is 4.57 Å². The average Bonchev–Trinajstić information content (AvgIpc) is 2.03. The SMILES string of the molecule is CCCC.O=C(O)Cl.O=P(O)(O)CO. The van der Waals surface area contributed by atoms with Crippen LogP contribution in [0.2, 0.25) is 0 Å². The number of carbonyl (C=O) groups is 1. The second-order valence-electron chi connectivity index (χ2n) is 2.06. The van der Waals surface area contributed by atoms with Crippen molar-refractivity contribution in [2.45, 2.75) is 26.7 Å². The fraction of sp³-hybridized carbons (Fsp3) is 0.833. The van der Waals surface area contributed by atoms with Crippen molar-refractivity contribution in [2.24, 2.45) is 0 Å². The lowest BCUT2D eigenvalue weighted by Gasteiger charge is -1.92. The van der Waals surface area contributed by atoms with E-state index in [9.17, 15) is 4.57 Å². The molecule has 6 nitrogen and oxygen atoms in total. The monoisotopic (exact) mass is 250 g/mol. The van der Waals surface area contributed by atoms with Gasteiger partial charge < -0.3 is 20.0 Å². The number of rotatable bonds is 2. The molecule has 0 bridgehead atoms. The molecule has 8 heteroatoms. The first kappa shape index (κ1) is 19.4. The number of halogens is 1. The van der Waals surface area contributed by atoms with Crippen LogP contribution < -0.4 is 0 Å². The van der Waals surface area contributed by atoms with E-state index in [2.05, 4.69) is 25.4 Å². The summed E-state index contributed by atoms with van der Waals surface area (Å²) in [6, 6.07) is 0. The highest BCUT2D eigenvalue weighted by Gasteiger charge is 2.07. The molecule has 0 aliphatic carbocycles. The Hall–Kier alpha value is -0.130. The van der Waals surface area contributed by atoms with Crippen molar-refractivity contribution < 1.29 is 29.4 Å². The zero-order valence-corrected chi connectivity index (χ0v) is 9.70. The Morgan fingerprint density at radius 1 is 1.29 bits per heavy atom. The second-order valence-corrected chi connectivity index (χ2v) is 3.99. The molecule has 0 aromatic heterocycles. The van der Waals surface area contributed by atoms with Gasteiger partial charge in [0.15, 0.2) is 0 Å². The minimum atomic E-state index is -4.09. The van der Waals surface area contributed by atoms with Crippen molar-refractivity contribution in [1.82, 2.24) is 0 Å². The van der Waals surface area contributed by atoms with Crippen molar-refractivity contribution in [3.63, 3.8) is 0 Å². The summed E-state index contributed by atoms with van der Waals surface area (Å²) in [5.41, 5.74) is -1.36. The average molecular weight is 251 g/mol. The summed E-state index contributed by atoms with van der Waals surface area (Å²) in [4.78, 5) is 24.1. The van der Waals surface area contributed by atoms with Crippen LogP contribution in [0.15, 0.2) is 0 Å². The normalized spacial score (nSPS) is 9.00. The third-order valence-electron chi connectivity index (χ3n) is 0.684. The Labute approximate surface area is 87.7 Å². The summed E-state index contributed by atoms with van der Waals surface area (Å²) >= 11 is 4.19. The van der Waals surface area contributed by atoms with Gasteiger partial charge in [-0.1, -0.05) is 26.7 Å². The number of hydrogen-bond acceptors (Lipinski definition) is 3. The maximum atomic E-state index is 9.44. The van der Waals surface area contributed by atoms with Crippen molar-refractivity contribution >= 4 is 24.6 Å². The maximum Gasteiger partial charge on any atom is 0.401 e. The van der Waals surface area contributed by atoms with Gasteiger partial charge in [-0.15, -0.1) is 0 Å². The van der Waals surface area contributed by atoms with Crippen LogP contribution in [0.3, 0.4) is 0 Å². The predicted molar refractivity (Wildman–Crippen MR) is 53.6 cm³/mol. The van der Waals surface area contributed by atoms with E-state index in [-0.39, 0.29) is 0 Å². The van der Waals surface area contributed by atoms with E-state index < -0.39 is 19.4 Å². The molecule has 0 aromatic carbocycles. The van der Waals surface area contributed by atoms with Crippen LogP contribution in [0, 0.1) is 0 Å². The fourth-order valence-corrected chi connectivity index (χ4v) is 0. The van der Waals surface area contributed by atoms with Crippen LogP contribution in [0.1, 0.15) is 26.7 Å². The van der Waals surface area contributed by atoms with Gasteiger partial charge in [0.2, 0.25) is 0 Å². The molecule has 0 atom stereocenters. The zero-order chi connectivity index (χ0) is 12.2. The van der Waals surface area contributed by atoms with Crippen LogP contribution in [-0.2, 0) is 4.57 Å². The molecule has 0 amide bonds. The molecule has 0 aromatic rings. The summed E-state index contributed by atoms with van der Waals surface area (Å²) in [6.07, 6.45) is 1.58. The van der Waals surface area contributed by atoms with Gasteiger partial charge in [-0.2, -0.15) is 0 Å². The van der Waals surface area contributed by atoms with E-state index >= 15 is 0 Å². The lowest BCUT2D eigenvalue weighted by molar-refractivity contribution is 0.220. The Balaban J connectivity index is -0.000000135. The predicted octanol–water partition coefficient (Wildman–Crippen LogP) is 1.82. The first-order valence-corrected chi connectivity index (χ1v) is 5.92. The minimum Gasteiger partial charge on any atom is -0.469 e. The molecule has 0 unspecified atom stereocenters. The van der Waals surface area contributed by atoms with E-state index in [1.54, 1.807) is 0 Å². The molecular weight excluding hydrogens is 234 g/mol. The van der Waals surface area contributed by atoms with Gasteiger partial charge in [-0.05, 0) is 0 Å². The Kier molecular flexibility index (Phi) is 17.9. The molecule has 4 N–H and O–H groups in total. The molecule has 88 valence electrons. The standard InChI is InChI=1S/C4H10.CHClO2.CH5O4P/c1-3-4-2;2-1(3)4;2-1-6(3,4)5/h3-4H2,1-2H3;(H,3,4);2H,1H2,(H2,3,4,5). The van der Waals surface area contributed by atoms with Crippen LogP contribution >= 0.6 is 19.2 Å².